The highest BCUT2D eigenvalue weighted by molar-refractivity contribution is 9.10. The minimum atomic E-state index is -4.58. The highest BCUT2D eigenvalue weighted by atomic mass is 79.9. The van der Waals surface area contributed by atoms with Crippen LogP contribution < -0.4 is 10.6 Å². The second-order valence-corrected chi connectivity index (χ2v) is 7.41. The number of halogens is 4. The molecule has 2 N–H and O–H groups in total. The number of nitrogens with zero attached hydrogens (tertiary/aromatic N) is 2. The molecule has 0 saturated carbocycles. The molecule has 1 heterocycles. The molecule has 3 rings (SSSR count). The molecule has 4 nitrogen and oxygen atoms in total. The van der Waals surface area contributed by atoms with Gasteiger partial charge in [0.1, 0.15) is 11.4 Å². The van der Waals surface area contributed by atoms with E-state index < -0.39 is 11.7 Å². The lowest BCUT2D eigenvalue weighted by Crippen LogP contribution is -2.12. The van der Waals surface area contributed by atoms with Crippen molar-refractivity contribution in [3.8, 4) is 0 Å². The standard InChI is InChI=1S/C20H18BrF3N4/c1-12(2)13-4-3-5-16(10-13)26-18-17(20(22,23)24)11-25-19(28-18)27-15-8-6-14(21)7-9-15/h3-12H,1-2H3,(H2,25,26,27,28). The Kier molecular flexibility index (Phi) is 5.88. The van der Waals surface area contributed by atoms with Crippen LogP contribution in [0.25, 0.3) is 0 Å². The number of alkyl halides is 3. The SMILES string of the molecule is CC(C)c1cccc(Nc2nc(Nc3ccc(Br)cc3)ncc2C(F)(F)F)c1. The van der Waals surface area contributed by atoms with Gasteiger partial charge in [0.2, 0.25) is 5.95 Å². The Balaban J connectivity index is 1.94. The first-order valence-electron chi connectivity index (χ1n) is 8.56. The molecule has 0 unspecified atom stereocenters. The normalized spacial score (nSPS) is 11.5. The van der Waals surface area contributed by atoms with Gasteiger partial charge in [-0.15, -0.1) is 0 Å². The average molecular weight is 451 g/mol. The van der Waals surface area contributed by atoms with Crippen molar-refractivity contribution in [2.75, 3.05) is 10.6 Å². The number of hydrogen-bond acceptors (Lipinski definition) is 4. The molecule has 28 heavy (non-hydrogen) atoms. The van der Waals surface area contributed by atoms with Gasteiger partial charge in [-0.3, -0.25) is 0 Å². The fourth-order valence-electron chi connectivity index (χ4n) is 2.52. The topological polar surface area (TPSA) is 49.8 Å². The fraction of sp³-hybridized carbons (Fsp3) is 0.200. The Morgan fingerprint density at radius 1 is 0.964 bits per heavy atom. The van der Waals surface area contributed by atoms with Gasteiger partial charge in [-0.1, -0.05) is 41.9 Å². The van der Waals surface area contributed by atoms with E-state index in [0.717, 1.165) is 16.2 Å². The maximum Gasteiger partial charge on any atom is 0.421 e. The molecule has 0 amide bonds. The summed E-state index contributed by atoms with van der Waals surface area (Å²) in [5.74, 6) is 0.0183. The van der Waals surface area contributed by atoms with Crippen molar-refractivity contribution in [3.63, 3.8) is 0 Å². The Labute approximate surface area is 169 Å². The number of hydrogen-bond donors (Lipinski definition) is 2. The summed E-state index contributed by atoms with van der Waals surface area (Å²) in [5, 5.41) is 5.71. The quantitative estimate of drug-likeness (QED) is 0.445. The second-order valence-electron chi connectivity index (χ2n) is 6.49. The van der Waals surface area contributed by atoms with Gasteiger partial charge in [0.15, 0.2) is 0 Å². The predicted molar refractivity (Wildman–Crippen MR) is 108 cm³/mol. The maximum atomic E-state index is 13.4. The predicted octanol–water partition coefficient (Wildman–Crippen LogP) is 6.87. The Hall–Kier alpha value is -2.61. The molecule has 0 saturated heterocycles. The van der Waals surface area contributed by atoms with Crippen LogP contribution in [0.15, 0.2) is 59.2 Å². The smallest absolute Gasteiger partial charge is 0.340 e. The van der Waals surface area contributed by atoms with Crippen molar-refractivity contribution < 1.29 is 13.2 Å². The van der Waals surface area contributed by atoms with Gasteiger partial charge in [-0.25, -0.2) is 4.98 Å². The molecular weight excluding hydrogens is 433 g/mol. The Bertz CT molecular complexity index is 956. The average Bonchev–Trinajstić information content (AvgIpc) is 2.63. The van der Waals surface area contributed by atoms with Gasteiger partial charge in [0, 0.05) is 22.0 Å². The van der Waals surface area contributed by atoms with E-state index >= 15 is 0 Å². The first kappa shape index (κ1) is 20.1. The molecule has 0 radical (unpaired) electrons. The second kappa shape index (κ2) is 8.18. The molecule has 3 aromatic rings. The molecular formula is C20H18BrF3N4. The largest absolute Gasteiger partial charge is 0.421 e. The zero-order valence-corrected chi connectivity index (χ0v) is 16.8. The lowest BCUT2D eigenvalue weighted by Gasteiger charge is -2.16. The summed E-state index contributed by atoms with van der Waals surface area (Å²) in [6, 6.07) is 14.4. The molecule has 2 aromatic carbocycles. The fourth-order valence-corrected chi connectivity index (χ4v) is 2.78. The van der Waals surface area contributed by atoms with Gasteiger partial charge in [0.25, 0.3) is 0 Å². The minimum Gasteiger partial charge on any atom is -0.340 e. The van der Waals surface area contributed by atoms with E-state index in [1.807, 2.05) is 38.1 Å². The summed E-state index contributed by atoms with van der Waals surface area (Å²) in [4.78, 5) is 7.88. The Morgan fingerprint density at radius 2 is 1.68 bits per heavy atom. The van der Waals surface area contributed by atoms with E-state index in [4.69, 9.17) is 0 Å². The van der Waals surface area contributed by atoms with E-state index in [9.17, 15) is 13.2 Å². The van der Waals surface area contributed by atoms with Gasteiger partial charge < -0.3 is 10.6 Å². The molecule has 1 aromatic heterocycles. The zero-order valence-electron chi connectivity index (χ0n) is 15.2. The number of rotatable bonds is 5. The van der Waals surface area contributed by atoms with Gasteiger partial charge >= 0.3 is 6.18 Å². The van der Waals surface area contributed by atoms with Crippen LogP contribution in [0.2, 0.25) is 0 Å². The number of aromatic nitrogens is 2. The first-order valence-corrected chi connectivity index (χ1v) is 9.35. The van der Waals surface area contributed by atoms with Crippen LogP contribution in [-0.2, 0) is 6.18 Å². The van der Waals surface area contributed by atoms with Crippen LogP contribution in [0.3, 0.4) is 0 Å². The summed E-state index contributed by atoms with van der Waals surface area (Å²) >= 11 is 3.33. The third-order valence-corrected chi connectivity index (χ3v) is 4.54. The number of benzene rings is 2. The van der Waals surface area contributed by atoms with E-state index in [1.165, 1.54) is 0 Å². The van der Waals surface area contributed by atoms with Crippen LogP contribution >= 0.6 is 15.9 Å². The lowest BCUT2D eigenvalue weighted by atomic mass is 10.0. The monoisotopic (exact) mass is 450 g/mol. The van der Waals surface area contributed by atoms with Crippen LogP contribution in [0, 0.1) is 0 Å². The molecule has 0 spiro atoms. The highest BCUT2D eigenvalue weighted by Crippen LogP contribution is 2.35. The number of anilines is 4. The van der Waals surface area contributed by atoms with Crippen LogP contribution in [0.4, 0.5) is 36.3 Å². The summed E-state index contributed by atoms with van der Waals surface area (Å²) in [6.45, 7) is 4.04. The van der Waals surface area contributed by atoms with Gasteiger partial charge in [-0.05, 0) is 47.9 Å². The minimum absolute atomic E-state index is 0.0674. The molecule has 146 valence electrons. The van der Waals surface area contributed by atoms with Gasteiger partial charge in [0.05, 0.1) is 0 Å². The molecule has 0 aliphatic rings. The molecule has 0 atom stereocenters. The molecule has 0 bridgehead atoms. The van der Waals surface area contributed by atoms with E-state index in [0.29, 0.717) is 11.4 Å². The van der Waals surface area contributed by atoms with Crippen LogP contribution in [0.5, 0.6) is 0 Å². The first-order chi connectivity index (χ1) is 13.2. The summed E-state index contributed by atoms with van der Waals surface area (Å²) in [7, 11) is 0. The third-order valence-electron chi connectivity index (χ3n) is 4.01. The van der Waals surface area contributed by atoms with Crippen molar-refractivity contribution in [1.82, 2.24) is 9.97 Å². The summed E-state index contributed by atoms with van der Waals surface area (Å²) in [6.07, 6.45) is -3.79. The molecule has 0 fully saturated rings. The van der Waals surface area contributed by atoms with Crippen molar-refractivity contribution in [2.24, 2.45) is 0 Å². The van der Waals surface area contributed by atoms with Crippen molar-refractivity contribution in [1.29, 1.82) is 0 Å². The molecule has 0 aliphatic carbocycles. The van der Waals surface area contributed by atoms with E-state index in [1.54, 1.807) is 24.3 Å². The number of nitrogens with one attached hydrogen (secondary N) is 2. The molecule has 8 heteroatoms. The van der Waals surface area contributed by atoms with Crippen molar-refractivity contribution in [3.05, 3.63) is 70.3 Å². The Morgan fingerprint density at radius 3 is 2.32 bits per heavy atom. The summed E-state index contributed by atoms with van der Waals surface area (Å²) in [5.41, 5.74) is 1.28. The van der Waals surface area contributed by atoms with E-state index in [2.05, 4.69) is 36.5 Å². The third kappa shape index (κ3) is 5.01. The van der Waals surface area contributed by atoms with Crippen LogP contribution in [0.1, 0.15) is 30.9 Å². The van der Waals surface area contributed by atoms with Crippen molar-refractivity contribution >= 4 is 39.1 Å². The van der Waals surface area contributed by atoms with Crippen molar-refractivity contribution in [2.45, 2.75) is 25.9 Å². The lowest BCUT2D eigenvalue weighted by molar-refractivity contribution is -0.137. The maximum absolute atomic E-state index is 13.4. The van der Waals surface area contributed by atoms with E-state index in [-0.39, 0.29) is 17.7 Å². The zero-order chi connectivity index (χ0) is 20.3. The molecule has 0 aliphatic heterocycles. The highest BCUT2D eigenvalue weighted by Gasteiger charge is 2.35. The van der Waals surface area contributed by atoms with Gasteiger partial charge in [-0.2, -0.15) is 18.2 Å². The summed E-state index contributed by atoms with van der Waals surface area (Å²) < 4.78 is 41.1. The van der Waals surface area contributed by atoms with Crippen LogP contribution in [-0.4, -0.2) is 9.97 Å².